The first-order valence-electron chi connectivity index (χ1n) is 4.71. The van der Waals surface area contributed by atoms with Crippen LogP contribution >= 0.6 is 11.6 Å². The molecule has 0 saturated heterocycles. The van der Waals surface area contributed by atoms with E-state index in [-0.39, 0.29) is 5.56 Å². The zero-order valence-electron chi connectivity index (χ0n) is 8.43. The summed E-state index contributed by atoms with van der Waals surface area (Å²) in [6, 6.07) is 6.59. The molecule has 0 unspecified atom stereocenters. The van der Waals surface area contributed by atoms with Gasteiger partial charge in [0.25, 0.3) is 5.56 Å². The molecule has 2 rings (SSSR count). The van der Waals surface area contributed by atoms with Gasteiger partial charge in [-0.15, -0.1) is 0 Å². The highest BCUT2D eigenvalue weighted by molar-refractivity contribution is 6.31. The number of halogens is 1. The van der Waals surface area contributed by atoms with Gasteiger partial charge in [-0.1, -0.05) is 11.6 Å². The van der Waals surface area contributed by atoms with Gasteiger partial charge in [-0.05, 0) is 23.8 Å². The van der Waals surface area contributed by atoms with E-state index in [9.17, 15) is 4.79 Å². The van der Waals surface area contributed by atoms with E-state index < -0.39 is 0 Å². The van der Waals surface area contributed by atoms with Crippen LogP contribution in [0.15, 0.2) is 41.6 Å². The summed E-state index contributed by atoms with van der Waals surface area (Å²) >= 11 is 6.01. The molecule has 0 aliphatic heterocycles. The predicted molar refractivity (Wildman–Crippen MR) is 63.5 cm³/mol. The number of hydrogen-bond donors (Lipinski definition) is 1. The minimum absolute atomic E-state index is 0.117. The number of nitrogens with two attached hydrogens (primary N) is 1. The highest BCUT2D eigenvalue weighted by Gasteiger charge is 2.03. The largest absolute Gasteiger partial charge is 0.399 e. The van der Waals surface area contributed by atoms with E-state index in [1.165, 1.54) is 23.2 Å². The highest BCUT2D eigenvalue weighted by atomic mass is 35.5. The topological polar surface area (TPSA) is 60.9 Å². The summed E-state index contributed by atoms with van der Waals surface area (Å²) in [5.41, 5.74) is 6.96. The van der Waals surface area contributed by atoms with Crippen LogP contribution in [0.25, 0.3) is 0 Å². The van der Waals surface area contributed by atoms with Crippen molar-refractivity contribution in [3.8, 4) is 0 Å². The van der Waals surface area contributed by atoms with Gasteiger partial charge in [-0.3, -0.25) is 9.36 Å². The van der Waals surface area contributed by atoms with Crippen molar-refractivity contribution in [2.45, 2.75) is 6.54 Å². The lowest BCUT2D eigenvalue weighted by Crippen LogP contribution is -2.19. The lowest BCUT2D eigenvalue weighted by Gasteiger charge is -2.07. The van der Waals surface area contributed by atoms with Gasteiger partial charge in [0.05, 0.1) is 12.9 Å². The summed E-state index contributed by atoms with van der Waals surface area (Å²) < 4.78 is 1.47. The second kappa shape index (κ2) is 4.37. The van der Waals surface area contributed by atoms with Gasteiger partial charge in [0.15, 0.2) is 0 Å². The molecule has 0 spiro atoms. The molecule has 0 amide bonds. The molecule has 0 fully saturated rings. The van der Waals surface area contributed by atoms with Crippen molar-refractivity contribution in [3.05, 3.63) is 57.7 Å². The lowest BCUT2D eigenvalue weighted by molar-refractivity contribution is 0.736. The molecule has 1 aromatic carbocycles. The minimum Gasteiger partial charge on any atom is -0.399 e. The van der Waals surface area contributed by atoms with Gasteiger partial charge in [-0.25, -0.2) is 4.98 Å². The molecule has 0 aliphatic rings. The van der Waals surface area contributed by atoms with Crippen molar-refractivity contribution >= 4 is 17.3 Å². The summed E-state index contributed by atoms with van der Waals surface area (Å²) in [6.45, 7) is 0.372. The van der Waals surface area contributed by atoms with Crippen LogP contribution < -0.4 is 11.3 Å². The van der Waals surface area contributed by atoms with Crippen LogP contribution in [-0.4, -0.2) is 9.55 Å². The van der Waals surface area contributed by atoms with E-state index in [0.29, 0.717) is 17.3 Å². The Labute approximate surface area is 97.3 Å². The maximum atomic E-state index is 11.5. The van der Waals surface area contributed by atoms with Gasteiger partial charge in [0, 0.05) is 23.0 Å². The fourth-order valence-corrected chi connectivity index (χ4v) is 1.57. The average Bonchev–Trinajstić information content (AvgIpc) is 2.27. The van der Waals surface area contributed by atoms with E-state index in [4.69, 9.17) is 17.3 Å². The summed E-state index contributed by atoms with van der Waals surface area (Å²) in [7, 11) is 0. The van der Waals surface area contributed by atoms with Crippen LogP contribution in [0, 0.1) is 0 Å². The van der Waals surface area contributed by atoms with Crippen LogP contribution in [-0.2, 0) is 6.54 Å². The standard InChI is InChI=1S/C11H10ClN3O/c12-10-2-1-9(13)5-8(10)6-15-7-14-4-3-11(15)16/h1-5,7H,6,13H2. The summed E-state index contributed by atoms with van der Waals surface area (Å²) in [6.07, 6.45) is 2.93. The van der Waals surface area contributed by atoms with Crippen LogP contribution in [0.1, 0.15) is 5.56 Å². The summed E-state index contributed by atoms with van der Waals surface area (Å²) in [4.78, 5) is 15.4. The first-order valence-corrected chi connectivity index (χ1v) is 5.09. The molecule has 4 nitrogen and oxygen atoms in total. The number of anilines is 1. The third-order valence-electron chi connectivity index (χ3n) is 2.20. The van der Waals surface area contributed by atoms with Gasteiger partial charge in [0.2, 0.25) is 0 Å². The smallest absolute Gasteiger partial charge is 0.253 e. The van der Waals surface area contributed by atoms with E-state index in [1.54, 1.807) is 18.2 Å². The fourth-order valence-electron chi connectivity index (χ4n) is 1.40. The molecule has 0 atom stereocenters. The number of nitrogens with zero attached hydrogens (tertiary/aromatic N) is 2. The number of rotatable bonds is 2. The molecule has 0 saturated carbocycles. The van der Waals surface area contributed by atoms with E-state index in [2.05, 4.69) is 4.98 Å². The number of hydrogen-bond acceptors (Lipinski definition) is 3. The Hall–Kier alpha value is -1.81. The molecule has 0 aliphatic carbocycles. The molecular weight excluding hydrogens is 226 g/mol. The summed E-state index contributed by atoms with van der Waals surface area (Å²) in [5.74, 6) is 0. The molecule has 2 aromatic rings. The Balaban J connectivity index is 2.38. The van der Waals surface area contributed by atoms with Crippen LogP contribution in [0.5, 0.6) is 0 Å². The fraction of sp³-hybridized carbons (Fsp3) is 0.0909. The molecule has 82 valence electrons. The van der Waals surface area contributed by atoms with Crippen molar-refractivity contribution in [3.63, 3.8) is 0 Å². The second-order valence-corrected chi connectivity index (χ2v) is 3.80. The van der Waals surface area contributed by atoms with Crippen molar-refractivity contribution in [1.29, 1.82) is 0 Å². The van der Waals surface area contributed by atoms with E-state index in [1.807, 2.05) is 0 Å². The first-order chi connectivity index (χ1) is 7.66. The Morgan fingerprint density at radius 3 is 2.94 bits per heavy atom. The number of benzene rings is 1. The molecule has 2 N–H and O–H groups in total. The lowest BCUT2D eigenvalue weighted by atomic mass is 10.2. The predicted octanol–water partition coefficient (Wildman–Crippen LogP) is 1.53. The first kappa shape index (κ1) is 10.7. The van der Waals surface area contributed by atoms with Crippen molar-refractivity contribution in [2.75, 3.05) is 5.73 Å². The zero-order chi connectivity index (χ0) is 11.5. The highest BCUT2D eigenvalue weighted by Crippen LogP contribution is 2.19. The van der Waals surface area contributed by atoms with E-state index >= 15 is 0 Å². The average molecular weight is 236 g/mol. The van der Waals surface area contributed by atoms with E-state index in [0.717, 1.165) is 5.56 Å². The molecule has 0 radical (unpaired) electrons. The van der Waals surface area contributed by atoms with Gasteiger partial charge in [0.1, 0.15) is 0 Å². The Morgan fingerprint density at radius 1 is 1.38 bits per heavy atom. The summed E-state index contributed by atoms with van der Waals surface area (Å²) in [5, 5.41) is 0.588. The molecule has 5 heteroatoms. The molecule has 0 bridgehead atoms. The van der Waals surface area contributed by atoms with Crippen LogP contribution in [0.3, 0.4) is 0 Å². The van der Waals surface area contributed by atoms with Crippen molar-refractivity contribution < 1.29 is 0 Å². The van der Waals surface area contributed by atoms with Crippen LogP contribution in [0.4, 0.5) is 5.69 Å². The van der Waals surface area contributed by atoms with Gasteiger partial charge in [-0.2, -0.15) is 0 Å². The monoisotopic (exact) mass is 235 g/mol. The van der Waals surface area contributed by atoms with Gasteiger partial charge >= 0.3 is 0 Å². The Bertz CT molecular complexity index is 565. The molecule has 1 aromatic heterocycles. The third-order valence-corrected chi connectivity index (χ3v) is 2.57. The Morgan fingerprint density at radius 2 is 2.19 bits per heavy atom. The normalized spacial score (nSPS) is 10.3. The molecule has 16 heavy (non-hydrogen) atoms. The van der Waals surface area contributed by atoms with Crippen molar-refractivity contribution in [2.24, 2.45) is 0 Å². The van der Waals surface area contributed by atoms with Crippen molar-refractivity contribution in [1.82, 2.24) is 9.55 Å². The van der Waals surface area contributed by atoms with Crippen LogP contribution in [0.2, 0.25) is 5.02 Å². The minimum atomic E-state index is -0.117. The number of nitrogen functional groups attached to an aromatic ring is 1. The maximum absolute atomic E-state index is 11.5. The molecular formula is C11H10ClN3O. The maximum Gasteiger partial charge on any atom is 0.253 e. The SMILES string of the molecule is Nc1ccc(Cl)c(Cn2cnccc2=O)c1. The number of aromatic nitrogens is 2. The quantitative estimate of drug-likeness (QED) is 0.803. The molecule has 1 heterocycles. The van der Waals surface area contributed by atoms with Gasteiger partial charge < -0.3 is 5.73 Å². The second-order valence-electron chi connectivity index (χ2n) is 3.40. The Kier molecular flexibility index (Phi) is 2.92. The zero-order valence-corrected chi connectivity index (χ0v) is 9.19. The third kappa shape index (κ3) is 2.23.